The lowest BCUT2D eigenvalue weighted by Crippen LogP contribution is -2.35. The molecule has 0 aliphatic heterocycles. The minimum Gasteiger partial charge on any atom is -0.497 e. The normalized spacial score (nSPS) is 16.3. The van der Waals surface area contributed by atoms with Gasteiger partial charge in [-0.05, 0) is 48.6 Å². The van der Waals surface area contributed by atoms with Crippen LogP contribution in [0.25, 0.3) is 0 Å². The van der Waals surface area contributed by atoms with Gasteiger partial charge in [0, 0.05) is 17.3 Å². The predicted octanol–water partition coefficient (Wildman–Crippen LogP) is 3.58. The zero-order valence-electron chi connectivity index (χ0n) is 14.7. The molecule has 0 bridgehead atoms. The molecule has 0 spiro atoms. The van der Waals surface area contributed by atoms with E-state index >= 15 is 0 Å². The molecule has 0 saturated heterocycles. The van der Waals surface area contributed by atoms with Crippen LogP contribution in [0.5, 0.6) is 5.75 Å². The van der Waals surface area contributed by atoms with Gasteiger partial charge in [-0.15, -0.1) is 11.3 Å². The molecule has 1 aliphatic carbocycles. The van der Waals surface area contributed by atoms with Crippen LogP contribution in [-0.4, -0.2) is 28.0 Å². The Morgan fingerprint density at radius 3 is 2.50 bits per heavy atom. The Labute approximate surface area is 158 Å². The summed E-state index contributed by atoms with van der Waals surface area (Å²) in [6, 6.07) is 10.00. The van der Waals surface area contributed by atoms with Crippen molar-refractivity contribution in [1.82, 2.24) is 5.32 Å². The van der Waals surface area contributed by atoms with E-state index in [1.165, 1.54) is 18.4 Å². The summed E-state index contributed by atoms with van der Waals surface area (Å²) in [5.41, 5.74) is 0. The monoisotopic (exact) mass is 393 g/mol. The zero-order chi connectivity index (χ0) is 18.6. The van der Waals surface area contributed by atoms with Gasteiger partial charge in [0.1, 0.15) is 11.0 Å². The van der Waals surface area contributed by atoms with Crippen LogP contribution >= 0.6 is 11.3 Å². The van der Waals surface area contributed by atoms with Gasteiger partial charge in [0.05, 0.1) is 12.0 Å². The summed E-state index contributed by atoms with van der Waals surface area (Å²) in [4.78, 5) is 13.3. The first-order chi connectivity index (χ1) is 12.5. The molecule has 1 aromatic carbocycles. The molecular weight excluding hydrogens is 370 g/mol. The number of hydrogen-bond acceptors (Lipinski definition) is 5. The smallest absolute Gasteiger partial charge is 0.223 e. The van der Waals surface area contributed by atoms with E-state index in [9.17, 15) is 13.2 Å². The van der Waals surface area contributed by atoms with Gasteiger partial charge in [0.25, 0.3) is 0 Å². The molecule has 3 rings (SSSR count). The molecule has 1 unspecified atom stereocenters. The highest BCUT2D eigenvalue weighted by atomic mass is 32.2. The molecular formula is C19H23NO4S2. The van der Waals surface area contributed by atoms with Gasteiger partial charge in [0.2, 0.25) is 5.91 Å². The minimum absolute atomic E-state index is 0.0164. The molecule has 1 aliphatic rings. The van der Waals surface area contributed by atoms with Crippen LogP contribution < -0.4 is 10.1 Å². The van der Waals surface area contributed by atoms with Crippen LogP contribution in [0, 0.1) is 5.92 Å². The second kappa shape index (κ2) is 8.22. The lowest BCUT2D eigenvalue weighted by molar-refractivity contribution is -0.124. The number of methoxy groups -OCH3 is 1. The highest BCUT2D eigenvalue weighted by Gasteiger charge is 2.31. The number of ether oxygens (including phenoxy) is 1. The van der Waals surface area contributed by atoms with Crippen LogP contribution in [0.2, 0.25) is 0 Å². The number of nitrogens with one attached hydrogen (secondary N) is 1. The van der Waals surface area contributed by atoms with Gasteiger partial charge >= 0.3 is 0 Å². The Morgan fingerprint density at radius 2 is 1.92 bits per heavy atom. The third-order valence-corrected chi connectivity index (χ3v) is 8.04. The quantitative estimate of drug-likeness (QED) is 0.780. The number of hydrogen-bond donors (Lipinski definition) is 1. The lowest BCUT2D eigenvalue weighted by atomic mass is 10.1. The third-order valence-electron chi connectivity index (χ3n) is 4.81. The van der Waals surface area contributed by atoms with Gasteiger partial charge in [-0.2, -0.15) is 0 Å². The van der Waals surface area contributed by atoms with E-state index in [1.54, 1.807) is 30.3 Å². The van der Waals surface area contributed by atoms with Crippen LogP contribution in [0.15, 0.2) is 46.7 Å². The number of benzene rings is 1. The van der Waals surface area contributed by atoms with Gasteiger partial charge < -0.3 is 10.1 Å². The summed E-state index contributed by atoms with van der Waals surface area (Å²) in [6.45, 7) is 0.0875. The Balaban J connectivity index is 1.81. The van der Waals surface area contributed by atoms with E-state index in [4.69, 9.17) is 4.74 Å². The number of carbonyl (C=O) groups is 1. The molecule has 1 aromatic heterocycles. The van der Waals surface area contributed by atoms with Crippen LogP contribution in [0.3, 0.4) is 0 Å². The maximum Gasteiger partial charge on any atom is 0.223 e. The fourth-order valence-corrected chi connectivity index (χ4v) is 6.08. The molecule has 5 nitrogen and oxygen atoms in total. The molecule has 140 valence electrons. The number of sulfone groups is 1. The standard InChI is InChI=1S/C19H23NO4S2/c1-24-15-8-10-16(11-9-15)26(22,23)18(17-7-4-12-25-17)13-20-19(21)14-5-2-3-6-14/h4,7-12,14,18H,2-3,5-6,13H2,1H3,(H,20,21). The third kappa shape index (κ3) is 4.10. The van der Waals surface area contributed by atoms with Crippen molar-refractivity contribution in [2.75, 3.05) is 13.7 Å². The molecule has 1 saturated carbocycles. The first kappa shape index (κ1) is 18.9. The highest BCUT2D eigenvalue weighted by molar-refractivity contribution is 7.91. The summed E-state index contributed by atoms with van der Waals surface area (Å²) < 4.78 is 31.5. The Hall–Kier alpha value is -1.86. The molecule has 1 atom stereocenters. The van der Waals surface area contributed by atoms with E-state index < -0.39 is 15.1 Å². The lowest BCUT2D eigenvalue weighted by Gasteiger charge is -2.19. The van der Waals surface area contributed by atoms with Gasteiger partial charge in [-0.3, -0.25) is 4.79 Å². The van der Waals surface area contributed by atoms with Crippen molar-refractivity contribution >= 4 is 27.1 Å². The maximum absolute atomic E-state index is 13.2. The molecule has 7 heteroatoms. The number of thiophene rings is 1. The molecule has 0 radical (unpaired) electrons. The van der Waals surface area contributed by atoms with Crippen LogP contribution in [-0.2, 0) is 14.6 Å². The fourth-order valence-electron chi connectivity index (χ4n) is 3.29. The van der Waals surface area contributed by atoms with Gasteiger partial charge in [-0.25, -0.2) is 8.42 Å². The number of rotatable bonds is 7. The largest absolute Gasteiger partial charge is 0.497 e. The summed E-state index contributed by atoms with van der Waals surface area (Å²) in [7, 11) is -2.09. The molecule has 26 heavy (non-hydrogen) atoms. The molecule has 1 heterocycles. The minimum atomic E-state index is -3.63. The van der Waals surface area contributed by atoms with Crippen molar-refractivity contribution in [3.63, 3.8) is 0 Å². The van der Waals surface area contributed by atoms with Crippen molar-refractivity contribution in [3.8, 4) is 5.75 Å². The van der Waals surface area contributed by atoms with E-state index in [1.807, 2.05) is 11.4 Å². The summed E-state index contributed by atoms with van der Waals surface area (Å²) in [6.07, 6.45) is 3.91. The van der Waals surface area contributed by atoms with Gasteiger partial charge in [0.15, 0.2) is 9.84 Å². The molecule has 1 fully saturated rings. The average Bonchev–Trinajstić information content (AvgIpc) is 3.35. The second-order valence-corrected chi connectivity index (χ2v) is 9.56. The van der Waals surface area contributed by atoms with Crippen molar-refractivity contribution in [3.05, 3.63) is 46.7 Å². The van der Waals surface area contributed by atoms with E-state index in [-0.39, 0.29) is 23.3 Å². The SMILES string of the molecule is COc1ccc(S(=O)(=O)C(CNC(=O)C2CCCC2)c2cccs2)cc1. The Kier molecular flexibility index (Phi) is 5.98. The molecule has 2 aromatic rings. The summed E-state index contributed by atoms with van der Waals surface area (Å²) >= 11 is 1.39. The van der Waals surface area contributed by atoms with Crippen LogP contribution in [0.1, 0.15) is 35.8 Å². The molecule has 1 amide bonds. The zero-order valence-corrected chi connectivity index (χ0v) is 16.3. The van der Waals surface area contributed by atoms with Crippen molar-refractivity contribution in [1.29, 1.82) is 0 Å². The Morgan fingerprint density at radius 1 is 1.23 bits per heavy atom. The van der Waals surface area contributed by atoms with E-state index in [0.717, 1.165) is 30.6 Å². The second-order valence-electron chi connectivity index (χ2n) is 6.45. The van der Waals surface area contributed by atoms with Crippen molar-refractivity contribution in [2.24, 2.45) is 5.92 Å². The average molecular weight is 394 g/mol. The highest BCUT2D eigenvalue weighted by Crippen LogP contribution is 2.32. The van der Waals surface area contributed by atoms with Crippen LogP contribution in [0.4, 0.5) is 0 Å². The summed E-state index contributed by atoms with van der Waals surface area (Å²) in [5, 5.41) is 3.94. The van der Waals surface area contributed by atoms with Crippen molar-refractivity contribution < 1.29 is 17.9 Å². The van der Waals surface area contributed by atoms with Gasteiger partial charge in [-0.1, -0.05) is 18.9 Å². The predicted molar refractivity (Wildman–Crippen MR) is 102 cm³/mol. The van der Waals surface area contributed by atoms with E-state index in [0.29, 0.717) is 5.75 Å². The first-order valence-electron chi connectivity index (χ1n) is 8.71. The summed E-state index contributed by atoms with van der Waals surface area (Å²) in [5.74, 6) is 0.586. The fraction of sp³-hybridized carbons (Fsp3) is 0.421. The Bertz CT molecular complexity index is 823. The number of carbonyl (C=O) groups excluding carboxylic acids is 1. The number of amides is 1. The van der Waals surface area contributed by atoms with E-state index in [2.05, 4.69) is 5.32 Å². The topological polar surface area (TPSA) is 72.5 Å². The first-order valence-corrected chi connectivity index (χ1v) is 11.1. The molecule has 1 N–H and O–H groups in total. The van der Waals surface area contributed by atoms with Crippen molar-refractivity contribution in [2.45, 2.75) is 35.8 Å². The maximum atomic E-state index is 13.2.